The van der Waals surface area contributed by atoms with Crippen molar-refractivity contribution in [1.29, 1.82) is 0 Å². The van der Waals surface area contributed by atoms with Crippen molar-refractivity contribution in [2.45, 2.75) is 12.5 Å². The van der Waals surface area contributed by atoms with Crippen molar-refractivity contribution in [3.05, 3.63) is 82.9 Å². The smallest absolute Gasteiger partial charge is 0.340 e. The van der Waals surface area contributed by atoms with E-state index in [0.29, 0.717) is 39.5 Å². The van der Waals surface area contributed by atoms with Gasteiger partial charge in [-0.15, -0.1) is 0 Å². The van der Waals surface area contributed by atoms with Gasteiger partial charge in [0.2, 0.25) is 6.79 Å². The summed E-state index contributed by atoms with van der Waals surface area (Å²) in [5.41, 5.74) is 1.19. The van der Waals surface area contributed by atoms with Gasteiger partial charge in [0, 0.05) is 35.7 Å². The van der Waals surface area contributed by atoms with E-state index in [2.05, 4.69) is 0 Å². The van der Waals surface area contributed by atoms with Crippen LogP contribution in [-0.4, -0.2) is 23.8 Å². The molecule has 1 atom stereocenters. The van der Waals surface area contributed by atoms with Gasteiger partial charge in [0.05, 0.1) is 5.56 Å². The van der Waals surface area contributed by atoms with Crippen LogP contribution in [0.4, 0.5) is 0 Å². The van der Waals surface area contributed by atoms with Crippen molar-refractivity contribution < 1.29 is 33.6 Å². The fraction of sp³-hybridized carbons (Fsp3) is 0.130. The Bertz CT molecular complexity index is 1200. The molecule has 0 saturated carbocycles. The van der Waals surface area contributed by atoms with Gasteiger partial charge in [0.15, 0.2) is 5.60 Å². The Labute approximate surface area is 171 Å². The lowest BCUT2D eigenvalue weighted by Crippen LogP contribution is -2.32. The number of ether oxygens (including phenoxy) is 4. The van der Waals surface area contributed by atoms with Gasteiger partial charge in [-0.1, -0.05) is 18.2 Å². The van der Waals surface area contributed by atoms with E-state index in [1.54, 1.807) is 36.4 Å². The summed E-state index contributed by atoms with van der Waals surface area (Å²) in [6, 6.07) is 16.9. The number of hydrogen-bond donors (Lipinski definition) is 1. The number of benzene rings is 3. The van der Waals surface area contributed by atoms with Crippen molar-refractivity contribution in [1.82, 2.24) is 0 Å². The maximum atomic E-state index is 12.7. The Morgan fingerprint density at radius 1 is 1.00 bits per heavy atom. The number of aromatic hydroxyl groups is 1. The average molecular weight is 404 g/mol. The molecule has 2 aliphatic rings. The summed E-state index contributed by atoms with van der Waals surface area (Å²) in [6.45, 7) is 1.05. The van der Waals surface area contributed by atoms with Crippen molar-refractivity contribution in [3.63, 3.8) is 0 Å². The molecule has 0 bridgehead atoms. The van der Waals surface area contributed by atoms with Gasteiger partial charge in [-0.3, -0.25) is 4.79 Å². The molecule has 0 aliphatic carbocycles. The van der Waals surface area contributed by atoms with Crippen molar-refractivity contribution in [2.24, 2.45) is 0 Å². The highest BCUT2D eigenvalue weighted by Crippen LogP contribution is 2.56. The zero-order chi connectivity index (χ0) is 20.9. The number of phenolic OH excluding ortho intramolecular Hbond substituents is 1. The molecule has 2 aliphatic heterocycles. The molecule has 3 aromatic rings. The van der Waals surface area contributed by atoms with E-state index in [9.17, 15) is 14.7 Å². The topological polar surface area (TPSA) is 91.3 Å². The quantitative estimate of drug-likeness (QED) is 0.524. The Hall–Kier alpha value is -4.00. The Balaban J connectivity index is 1.68. The minimum atomic E-state index is -1.21. The normalized spacial score (nSPS) is 18.0. The van der Waals surface area contributed by atoms with Crippen LogP contribution in [0.5, 0.6) is 23.0 Å². The third-order valence-electron chi connectivity index (χ3n) is 5.16. The summed E-state index contributed by atoms with van der Waals surface area (Å²) in [7, 11) is 0. The summed E-state index contributed by atoms with van der Waals surface area (Å²) >= 11 is 0. The molecule has 3 aromatic carbocycles. The van der Waals surface area contributed by atoms with Gasteiger partial charge >= 0.3 is 11.9 Å². The molecule has 0 saturated heterocycles. The number of carbonyl (C=O) groups is 2. The van der Waals surface area contributed by atoms with Gasteiger partial charge in [0.25, 0.3) is 0 Å². The van der Waals surface area contributed by atoms with E-state index in [1.165, 1.54) is 19.1 Å². The first-order valence-electron chi connectivity index (χ1n) is 9.24. The highest BCUT2D eigenvalue weighted by atomic mass is 16.7. The zero-order valence-electron chi connectivity index (χ0n) is 15.9. The highest BCUT2D eigenvalue weighted by Gasteiger charge is 2.53. The summed E-state index contributed by atoms with van der Waals surface area (Å²) in [5.74, 6) is 0.301. The molecule has 0 amide bonds. The van der Waals surface area contributed by atoms with Gasteiger partial charge in [0.1, 0.15) is 23.0 Å². The number of fused-ring (bicyclic) bond motifs is 6. The van der Waals surface area contributed by atoms with Gasteiger partial charge in [-0.2, -0.15) is 0 Å². The molecule has 1 spiro atoms. The number of esters is 2. The molecule has 150 valence electrons. The molecule has 0 fully saturated rings. The van der Waals surface area contributed by atoms with Crippen LogP contribution in [0.25, 0.3) is 0 Å². The van der Waals surface area contributed by atoms with E-state index < -0.39 is 17.5 Å². The van der Waals surface area contributed by atoms with Gasteiger partial charge in [-0.05, 0) is 30.3 Å². The first kappa shape index (κ1) is 18.1. The predicted molar refractivity (Wildman–Crippen MR) is 104 cm³/mol. The minimum absolute atomic E-state index is 0.0206. The summed E-state index contributed by atoms with van der Waals surface area (Å²) in [5, 5.41) is 9.98. The Morgan fingerprint density at radius 2 is 1.73 bits per heavy atom. The molecule has 1 N–H and O–H groups in total. The fourth-order valence-corrected chi connectivity index (χ4v) is 3.92. The van der Waals surface area contributed by atoms with Crippen LogP contribution in [-0.2, 0) is 19.9 Å². The second kappa shape index (κ2) is 6.52. The lowest BCUT2D eigenvalue weighted by atomic mass is 9.77. The molecule has 2 heterocycles. The van der Waals surface area contributed by atoms with Gasteiger partial charge in [-0.25, -0.2) is 4.79 Å². The SMILES string of the molecule is CC(=O)OCOc1ccc2c(c1)Oc1cc(O)ccc1C21OC(=O)c2ccccc21. The number of rotatable bonds is 3. The van der Waals surface area contributed by atoms with Crippen LogP contribution in [0.1, 0.15) is 34.0 Å². The second-order valence-electron chi connectivity index (χ2n) is 6.95. The lowest BCUT2D eigenvalue weighted by molar-refractivity contribution is -0.147. The monoisotopic (exact) mass is 404 g/mol. The lowest BCUT2D eigenvalue weighted by Gasteiger charge is -2.36. The van der Waals surface area contributed by atoms with Gasteiger partial charge < -0.3 is 24.1 Å². The zero-order valence-corrected chi connectivity index (χ0v) is 15.9. The van der Waals surface area contributed by atoms with Crippen molar-refractivity contribution in [2.75, 3.05) is 6.79 Å². The third-order valence-corrected chi connectivity index (χ3v) is 5.16. The molecular formula is C23H16O7. The number of hydrogen-bond acceptors (Lipinski definition) is 7. The van der Waals surface area contributed by atoms with Crippen LogP contribution < -0.4 is 9.47 Å². The number of phenols is 1. The van der Waals surface area contributed by atoms with Crippen LogP contribution >= 0.6 is 0 Å². The van der Waals surface area contributed by atoms with Crippen LogP contribution in [0, 0.1) is 0 Å². The first-order valence-corrected chi connectivity index (χ1v) is 9.24. The molecule has 30 heavy (non-hydrogen) atoms. The second-order valence-corrected chi connectivity index (χ2v) is 6.95. The largest absolute Gasteiger partial charge is 0.508 e. The molecule has 0 radical (unpaired) electrons. The highest BCUT2D eigenvalue weighted by molar-refractivity contribution is 5.97. The summed E-state index contributed by atoms with van der Waals surface area (Å²) in [6.07, 6.45) is 0. The van der Waals surface area contributed by atoms with Crippen LogP contribution in [0.2, 0.25) is 0 Å². The molecule has 1 unspecified atom stereocenters. The summed E-state index contributed by atoms with van der Waals surface area (Å²) in [4.78, 5) is 23.7. The van der Waals surface area contributed by atoms with Crippen LogP contribution in [0.3, 0.4) is 0 Å². The van der Waals surface area contributed by atoms with E-state index in [0.717, 1.165) is 0 Å². The Morgan fingerprint density at radius 3 is 2.53 bits per heavy atom. The van der Waals surface area contributed by atoms with Crippen molar-refractivity contribution in [3.8, 4) is 23.0 Å². The first-order chi connectivity index (χ1) is 14.5. The molecule has 5 rings (SSSR count). The fourth-order valence-electron chi connectivity index (χ4n) is 3.92. The maximum Gasteiger partial charge on any atom is 0.340 e. The maximum absolute atomic E-state index is 12.7. The standard InChI is InChI=1S/C23H16O7/c1-13(24)27-12-28-15-7-9-19-21(11-15)29-20-10-14(25)6-8-18(20)23(19)17-5-3-2-4-16(17)22(26)30-23/h2-11,25H,12H2,1H3. The third kappa shape index (κ3) is 2.59. The summed E-state index contributed by atoms with van der Waals surface area (Å²) < 4.78 is 22.3. The van der Waals surface area contributed by atoms with E-state index in [4.69, 9.17) is 18.9 Å². The average Bonchev–Trinajstić information content (AvgIpc) is 3.01. The molecule has 0 aromatic heterocycles. The molecule has 7 heteroatoms. The Kier molecular flexibility index (Phi) is 3.92. The molecule has 7 nitrogen and oxygen atoms in total. The van der Waals surface area contributed by atoms with E-state index in [-0.39, 0.29) is 12.5 Å². The molecular weight excluding hydrogens is 388 g/mol. The van der Waals surface area contributed by atoms with E-state index in [1.807, 2.05) is 12.1 Å². The van der Waals surface area contributed by atoms with E-state index >= 15 is 0 Å². The van der Waals surface area contributed by atoms with Crippen LogP contribution in [0.15, 0.2) is 60.7 Å². The predicted octanol–water partition coefficient (Wildman–Crippen LogP) is 3.86. The minimum Gasteiger partial charge on any atom is -0.508 e. The number of carbonyl (C=O) groups excluding carboxylic acids is 2. The van der Waals surface area contributed by atoms with Crippen molar-refractivity contribution >= 4 is 11.9 Å².